The Hall–Kier alpha value is -3.44. The van der Waals surface area contributed by atoms with Gasteiger partial charge in [-0.15, -0.1) is 11.3 Å². The van der Waals surface area contributed by atoms with Crippen LogP contribution in [0.15, 0.2) is 63.3 Å². The second-order valence-corrected chi connectivity index (χ2v) is 15.9. The number of carbonyl (C=O) groups excluding carboxylic acids is 1. The van der Waals surface area contributed by atoms with Crippen molar-refractivity contribution in [2.45, 2.75) is 76.1 Å². The molecule has 264 valence electrons. The summed E-state index contributed by atoms with van der Waals surface area (Å²) in [5.41, 5.74) is 2.81. The molecular weight excluding hydrogens is 671 g/mol. The molecule has 2 aliphatic heterocycles. The van der Waals surface area contributed by atoms with Crippen LogP contribution in [0.4, 0.5) is 4.79 Å². The van der Waals surface area contributed by atoms with Crippen LogP contribution in [0.3, 0.4) is 0 Å². The Morgan fingerprint density at radius 1 is 1.14 bits per heavy atom. The summed E-state index contributed by atoms with van der Waals surface area (Å²) in [6, 6.07) is 13.2. The molecule has 0 unspecified atom stereocenters. The molecule has 49 heavy (non-hydrogen) atoms. The fourth-order valence-electron chi connectivity index (χ4n) is 6.24. The van der Waals surface area contributed by atoms with Gasteiger partial charge in [0.25, 0.3) is 0 Å². The predicted molar refractivity (Wildman–Crippen MR) is 182 cm³/mol. The van der Waals surface area contributed by atoms with E-state index in [1.165, 1.54) is 10.4 Å². The molecule has 0 spiro atoms. The molecule has 4 heterocycles. The lowest BCUT2D eigenvalue weighted by molar-refractivity contribution is -0.0907. The number of nitrogens with zero attached hydrogens (tertiary/aromatic N) is 3. The normalized spacial score (nSPS) is 20.6. The van der Waals surface area contributed by atoms with E-state index >= 15 is 0 Å². The summed E-state index contributed by atoms with van der Waals surface area (Å²) in [6.07, 6.45) is -1.84. The summed E-state index contributed by atoms with van der Waals surface area (Å²) in [4.78, 5) is 17.7. The smallest absolute Gasteiger partial charge is 0.407 e. The first-order valence-electron chi connectivity index (χ1n) is 16.5. The third kappa shape index (κ3) is 8.66. The molecule has 5 atom stereocenters. The third-order valence-corrected chi connectivity index (χ3v) is 11.3. The van der Waals surface area contributed by atoms with Gasteiger partial charge < -0.3 is 34.5 Å². The maximum Gasteiger partial charge on any atom is 0.407 e. The number of ether oxygens (including phenoxy) is 3. The van der Waals surface area contributed by atoms with Crippen LogP contribution < -0.4 is 10.6 Å². The first-order valence-corrected chi connectivity index (χ1v) is 18.8. The number of carbonyl (C=O) groups is 1. The van der Waals surface area contributed by atoms with Crippen molar-refractivity contribution in [3.63, 3.8) is 0 Å². The van der Waals surface area contributed by atoms with Gasteiger partial charge in [0.1, 0.15) is 11.8 Å². The minimum Gasteiger partial charge on any atom is -0.443 e. The van der Waals surface area contributed by atoms with Gasteiger partial charge in [-0.1, -0.05) is 49.3 Å². The SMILES string of the molecule is Cc1nc(CNCc2noc3ccc(S(=O)(=O)N(CC(C)C)C[C@@H](O)[C@H](Cc4ccccc4)NC(=O)O[C@H]4CO[C@H]5OCC[C@H]54)cc23)cs1. The lowest BCUT2D eigenvalue weighted by Crippen LogP contribution is -2.51. The fraction of sp³-hybridized carbons (Fsp3) is 0.500. The van der Waals surface area contributed by atoms with Crippen molar-refractivity contribution < 1.29 is 37.1 Å². The van der Waals surface area contributed by atoms with Crippen molar-refractivity contribution >= 4 is 38.4 Å². The number of nitrogens with one attached hydrogen (secondary N) is 2. The molecule has 15 heteroatoms. The first-order chi connectivity index (χ1) is 23.6. The minimum atomic E-state index is -4.10. The minimum absolute atomic E-state index is 0.0452. The lowest BCUT2D eigenvalue weighted by atomic mass is 10.0. The Kier molecular flexibility index (Phi) is 11.3. The van der Waals surface area contributed by atoms with Gasteiger partial charge in [0.05, 0.1) is 46.9 Å². The summed E-state index contributed by atoms with van der Waals surface area (Å²) < 4.78 is 52.1. The van der Waals surface area contributed by atoms with E-state index in [-0.39, 0.29) is 49.1 Å². The molecule has 2 fully saturated rings. The van der Waals surface area contributed by atoms with Crippen molar-refractivity contribution in [2.75, 3.05) is 26.3 Å². The van der Waals surface area contributed by atoms with Crippen LogP contribution in [0.1, 0.15) is 42.2 Å². The van der Waals surface area contributed by atoms with Crippen LogP contribution in [-0.4, -0.2) is 84.9 Å². The molecule has 0 aliphatic carbocycles. The molecule has 0 radical (unpaired) electrons. The molecule has 1 amide bonds. The zero-order valence-corrected chi connectivity index (χ0v) is 29.4. The molecule has 2 aromatic heterocycles. The van der Waals surface area contributed by atoms with Crippen molar-refractivity contribution in [2.24, 2.45) is 11.8 Å². The molecule has 0 bridgehead atoms. The van der Waals surface area contributed by atoms with E-state index in [0.29, 0.717) is 36.4 Å². The Balaban J connectivity index is 1.19. The predicted octanol–water partition coefficient (Wildman–Crippen LogP) is 3.99. The van der Waals surface area contributed by atoms with Gasteiger partial charge in [0, 0.05) is 36.9 Å². The van der Waals surface area contributed by atoms with Crippen molar-refractivity contribution in [1.29, 1.82) is 0 Å². The van der Waals surface area contributed by atoms with E-state index in [4.69, 9.17) is 18.7 Å². The second-order valence-electron chi connectivity index (χ2n) is 12.9. The van der Waals surface area contributed by atoms with Crippen molar-refractivity contribution in [3.8, 4) is 0 Å². The summed E-state index contributed by atoms with van der Waals surface area (Å²) in [6.45, 7) is 7.32. The molecule has 2 aromatic carbocycles. The zero-order chi connectivity index (χ0) is 34.5. The van der Waals surface area contributed by atoms with Gasteiger partial charge in [-0.25, -0.2) is 18.2 Å². The number of alkyl carbamates (subject to hydrolysis) is 1. The highest BCUT2D eigenvalue weighted by Crippen LogP contribution is 2.33. The highest BCUT2D eigenvalue weighted by molar-refractivity contribution is 7.89. The highest BCUT2D eigenvalue weighted by atomic mass is 32.2. The summed E-state index contributed by atoms with van der Waals surface area (Å²) >= 11 is 1.57. The number of amides is 1. The standard InChI is InChI=1S/C34H43N5O8S2/c1-21(2)17-39(49(42,43)25-9-10-31-27(14-25)29(38-47-31)16-35-15-24-20-48-22(3)36-24)18-30(40)28(13-23-7-5-4-6-8-23)37-34(41)46-32-19-45-33-26(32)11-12-44-33/h4-10,14,20-21,26,28,30,32-33,35,40H,11-13,15-19H2,1-3H3,(H,37,41)/t26-,28-,30+,32-,33+/m0/s1. The number of aromatic nitrogens is 2. The topological polar surface area (TPSA) is 165 Å². The number of hydrogen-bond donors (Lipinski definition) is 3. The number of rotatable bonds is 15. The Labute approximate surface area is 290 Å². The third-order valence-electron chi connectivity index (χ3n) is 8.69. The zero-order valence-electron chi connectivity index (χ0n) is 27.8. The van der Waals surface area contributed by atoms with E-state index < -0.39 is 34.4 Å². The fourth-order valence-corrected chi connectivity index (χ4v) is 8.50. The van der Waals surface area contributed by atoms with Gasteiger partial charge in [0.15, 0.2) is 11.9 Å². The summed E-state index contributed by atoms with van der Waals surface area (Å²) in [7, 11) is -4.10. The van der Waals surface area contributed by atoms with E-state index in [0.717, 1.165) is 22.7 Å². The van der Waals surface area contributed by atoms with Crippen LogP contribution in [0.25, 0.3) is 11.0 Å². The lowest BCUT2D eigenvalue weighted by Gasteiger charge is -2.31. The Morgan fingerprint density at radius 2 is 1.96 bits per heavy atom. The maximum absolute atomic E-state index is 14.2. The van der Waals surface area contributed by atoms with Crippen LogP contribution >= 0.6 is 11.3 Å². The number of aliphatic hydroxyl groups is 1. The quantitative estimate of drug-likeness (QED) is 0.163. The van der Waals surface area contributed by atoms with Crippen LogP contribution in [0, 0.1) is 18.8 Å². The highest BCUT2D eigenvalue weighted by Gasteiger charge is 2.44. The molecule has 2 saturated heterocycles. The largest absolute Gasteiger partial charge is 0.443 e. The Morgan fingerprint density at radius 3 is 2.71 bits per heavy atom. The number of sulfonamides is 1. The van der Waals surface area contributed by atoms with Crippen LogP contribution in [0.2, 0.25) is 0 Å². The summed E-state index contributed by atoms with van der Waals surface area (Å²) in [5, 5.41) is 25.5. The molecular formula is C34H43N5O8S2. The summed E-state index contributed by atoms with van der Waals surface area (Å²) in [5.74, 6) is -0.0962. The molecule has 4 aromatic rings. The van der Waals surface area contributed by atoms with Crippen LogP contribution in [0.5, 0.6) is 0 Å². The van der Waals surface area contributed by atoms with Gasteiger partial charge in [-0.3, -0.25) is 0 Å². The van der Waals surface area contributed by atoms with Gasteiger partial charge in [-0.05, 0) is 49.4 Å². The van der Waals surface area contributed by atoms with E-state index in [1.54, 1.807) is 23.5 Å². The number of thiazole rings is 1. The van der Waals surface area contributed by atoms with Gasteiger partial charge in [-0.2, -0.15) is 4.31 Å². The number of hydrogen-bond acceptors (Lipinski definition) is 12. The van der Waals surface area contributed by atoms with Crippen molar-refractivity contribution in [3.05, 3.63) is 75.9 Å². The first kappa shape index (κ1) is 35.4. The maximum atomic E-state index is 14.2. The molecule has 6 rings (SSSR count). The van der Waals surface area contributed by atoms with Gasteiger partial charge in [0.2, 0.25) is 10.0 Å². The molecule has 0 saturated carbocycles. The second kappa shape index (κ2) is 15.6. The molecule has 13 nitrogen and oxygen atoms in total. The average molecular weight is 714 g/mol. The van der Waals surface area contributed by atoms with E-state index in [9.17, 15) is 18.3 Å². The van der Waals surface area contributed by atoms with E-state index in [1.807, 2.05) is 56.5 Å². The molecule has 3 N–H and O–H groups in total. The van der Waals surface area contributed by atoms with E-state index in [2.05, 4.69) is 20.8 Å². The van der Waals surface area contributed by atoms with Crippen LogP contribution in [-0.2, 0) is 43.7 Å². The molecule has 2 aliphatic rings. The number of aryl methyl sites for hydroxylation is 1. The van der Waals surface area contributed by atoms with Crippen molar-refractivity contribution in [1.82, 2.24) is 25.1 Å². The number of aliphatic hydroxyl groups excluding tert-OH is 1. The average Bonchev–Trinajstić information content (AvgIpc) is 3.87. The Bertz CT molecular complexity index is 1820. The number of fused-ring (bicyclic) bond motifs is 2. The monoisotopic (exact) mass is 713 g/mol. The number of benzene rings is 2. The van der Waals surface area contributed by atoms with Gasteiger partial charge >= 0.3 is 6.09 Å².